The van der Waals surface area contributed by atoms with Crippen LogP contribution in [0.3, 0.4) is 0 Å². The summed E-state index contributed by atoms with van der Waals surface area (Å²) in [6.07, 6.45) is 4.84. The Kier molecular flexibility index (Phi) is 6.04. The van der Waals surface area contributed by atoms with Crippen molar-refractivity contribution in [3.8, 4) is 5.75 Å². The number of benzene rings is 1. The molecule has 2 bridgehead atoms. The van der Waals surface area contributed by atoms with Crippen LogP contribution in [-0.2, 0) is 23.9 Å². The maximum absolute atomic E-state index is 13.1. The second kappa shape index (κ2) is 8.76. The molecule has 8 nitrogen and oxygen atoms in total. The summed E-state index contributed by atoms with van der Waals surface area (Å²) in [4.78, 5) is 52.3. The van der Waals surface area contributed by atoms with E-state index in [1.54, 1.807) is 38.1 Å². The average Bonchev–Trinajstić information content (AvgIpc) is 3.44. The molecule has 0 spiro atoms. The van der Waals surface area contributed by atoms with Gasteiger partial charge in [0.15, 0.2) is 6.61 Å². The lowest BCUT2D eigenvalue weighted by molar-refractivity contribution is -0.162. The van der Waals surface area contributed by atoms with Gasteiger partial charge in [-0.15, -0.1) is 0 Å². The topological polar surface area (TPSA) is 102 Å². The number of esters is 1. The third-order valence-electron chi connectivity index (χ3n) is 6.45. The van der Waals surface area contributed by atoms with Crippen molar-refractivity contribution in [3.63, 3.8) is 0 Å². The summed E-state index contributed by atoms with van der Waals surface area (Å²) in [6, 6.07) is 5.78. The number of allylic oxidation sites excluding steroid dienone is 2. The Morgan fingerprint density at radius 1 is 1.06 bits per heavy atom. The van der Waals surface area contributed by atoms with Crippen molar-refractivity contribution in [2.45, 2.75) is 33.2 Å². The molecule has 3 amide bonds. The number of ether oxygens (including phenoxy) is 2. The number of amides is 3. The van der Waals surface area contributed by atoms with E-state index in [2.05, 4.69) is 5.32 Å². The SMILES string of the molecule is CCOc1ccc(NC(=O)COC(=O)[C@H](C(C)C)N2C(=O)[C@@H]3[C@@H](C2=O)[C@H]2C=C[C@H]3C2)cc1. The molecule has 1 aromatic rings. The minimum atomic E-state index is -1.04. The van der Waals surface area contributed by atoms with E-state index in [1.165, 1.54) is 0 Å². The Bertz CT molecular complexity index is 924. The molecule has 1 saturated carbocycles. The Balaban J connectivity index is 1.37. The fourth-order valence-electron chi connectivity index (χ4n) is 5.10. The van der Waals surface area contributed by atoms with E-state index in [-0.39, 0.29) is 41.4 Å². The molecular formula is C24H28N2O6. The van der Waals surface area contributed by atoms with Gasteiger partial charge in [-0.05, 0) is 55.4 Å². The summed E-state index contributed by atoms with van der Waals surface area (Å²) >= 11 is 0. The van der Waals surface area contributed by atoms with Crippen molar-refractivity contribution < 1.29 is 28.7 Å². The summed E-state index contributed by atoms with van der Waals surface area (Å²) in [6.45, 7) is 5.43. The predicted octanol–water partition coefficient (Wildman–Crippen LogP) is 2.40. The van der Waals surface area contributed by atoms with Crippen LogP contribution in [-0.4, -0.2) is 47.8 Å². The zero-order valence-electron chi connectivity index (χ0n) is 18.4. The summed E-state index contributed by atoms with van der Waals surface area (Å²) in [5.74, 6) is -2.14. The number of hydrogen-bond acceptors (Lipinski definition) is 6. The Hall–Kier alpha value is -3.16. The van der Waals surface area contributed by atoms with E-state index in [4.69, 9.17) is 9.47 Å². The summed E-state index contributed by atoms with van der Waals surface area (Å²) in [5.41, 5.74) is 0.538. The van der Waals surface area contributed by atoms with Crippen molar-refractivity contribution >= 4 is 29.4 Å². The van der Waals surface area contributed by atoms with Gasteiger partial charge in [0, 0.05) is 5.69 Å². The van der Waals surface area contributed by atoms with E-state index in [1.807, 2.05) is 19.1 Å². The van der Waals surface area contributed by atoms with Crippen LogP contribution in [0.2, 0.25) is 0 Å². The minimum Gasteiger partial charge on any atom is -0.494 e. The largest absolute Gasteiger partial charge is 0.494 e. The number of rotatable bonds is 8. The van der Waals surface area contributed by atoms with Gasteiger partial charge in [0.2, 0.25) is 11.8 Å². The number of nitrogens with one attached hydrogen (secondary N) is 1. The molecule has 3 aliphatic rings. The van der Waals surface area contributed by atoms with E-state index in [0.29, 0.717) is 18.0 Å². The van der Waals surface area contributed by atoms with Crippen LogP contribution in [0.15, 0.2) is 36.4 Å². The van der Waals surface area contributed by atoms with Gasteiger partial charge in [-0.1, -0.05) is 26.0 Å². The van der Waals surface area contributed by atoms with E-state index >= 15 is 0 Å². The summed E-state index contributed by atoms with van der Waals surface area (Å²) in [5, 5.41) is 2.65. The molecule has 2 aliphatic carbocycles. The zero-order valence-corrected chi connectivity index (χ0v) is 18.4. The molecule has 8 heteroatoms. The number of nitrogens with zero attached hydrogens (tertiary/aromatic N) is 1. The van der Waals surface area contributed by atoms with Crippen LogP contribution < -0.4 is 10.1 Å². The first-order valence-corrected chi connectivity index (χ1v) is 11.1. The number of carbonyl (C=O) groups excluding carboxylic acids is 4. The lowest BCUT2D eigenvalue weighted by Gasteiger charge is -2.28. The molecule has 170 valence electrons. The van der Waals surface area contributed by atoms with Gasteiger partial charge < -0.3 is 14.8 Å². The lowest BCUT2D eigenvalue weighted by Crippen LogP contribution is -2.50. The normalized spacial score (nSPS) is 26.4. The Morgan fingerprint density at radius 2 is 1.66 bits per heavy atom. The highest BCUT2D eigenvalue weighted by molar-refractivity contribution is 6.09. The van der Waals surface area contributed by atoms with Crippen LogP contribution in [0.4, 0.5) is 5.69 Å². The van der Waals surface area contributed by atoms with Crippen molar-refractivity contribution in [3.05, 3.63) is 36.4 Å². The first-order valence-electron chi connectivity index (χ1n) is 11.1. The third-order valence-corrected chi connectivity index (χ3v) is 6.45. The van der Waals surface area contributed by atoms with Crippen LogP contribution in [0.1, 0.15) is 27.2 Å². The number of likely N-dealkylation sites (tertiary alicyclic amines) is 1. The quantitative estimate of drug-likeness (QED) is 0.378. The summed E-state index contributed by atoms with van der Waals surface area (Å²) < 4.78 is 10.6. The first kappa shape index (κ1) is 22.0. The second-order valence-electron chi connectivity index (χ2n) is 8.85. The van der Waals surface area contributed by atoms with Crippen molar-refractivity contribution in [2.24, 2.45) is 29.6 Å². The molecule has 5 atom stereocenters. The predicted molar refractivity (Wildman–Crippen MR) is 115 cm³/mol. The van der Waals surface area contributed by atoms with Gasteiger partial charge in [0.1, 0.15) is 11.8 Å². The maximum Gasteiger partial charge on any atom is 0.330 e. The van der Waals surface area contributed by atoms with Gasteiger partial charge >= 0.3 is 5.97 Å². The van der Waals surface area contributed by atoms with Crippen molar-refractivity contribution in [2.75, 3.05) is 18.5 Å². The zero-order chi connectivity index (χ0) is 23.0. The van der Waals surface area contributed by atoms with E-state index in [0.717, 1.165) is 11.3 Å². The molecular weight excluding hydrogens is 412 g/mol. The average molecular weight is 440 g/mol. The van der Waals surface area contributed by atoms with Gasteiger partial charge in [0.05, 0.1) is 18.4 Å². The highest BCUT2D eigenvalue weighted by Crippen LogP contribution is 2.53. The minimum absolute atomic E-state index is 0.0650. The monoisotopic (exact) mass is 440 g/mol. The molecule has 2 fully saturated rings. The number of imide groups is 1. The molecule has 1 saturated heterocycles. The van der Waals surface area contributed by atoms with Crippen molar-refractivity contribution in [1.29, 1.82) is 0 Å². The van der Waals surface area contributed by atoms with Gasteiger partial charge in [-0.2, -0.15) is 0 Å². The highest BCUT2D eigenvalue weighted by atomic mass is 16.5. The first-order chi connectivity index (χ1) is 15.3. The molecule has 0 unspecified atom stereocenters. The standard InChI is InChI=1S/C24H28N2O6/c1-4-31-17-9-7-16(8-10-17)25-18(27)12-32-24(30)21(13(2)3)26-22(28)19-14-5-6-15(11-14)20(19)23(26)29/h5-10,13-15,19-21H,4,11-12H2,1-3H3,(H,25,27)/t14-,15-,19-,20-,21-/m0/s1. The van der Waals surface area contributed by atoms with E-state index in [9.17, 15) is 19.2 Å². The maximum atomic E-state index is 13.1. The van der Waals surface area contributed by atoms with E-state index < -0.39 is 24.5 Å². The summed E-state index contributed by atoms with van der Waals surface area (Å²) in [7, 11) is 0. The number of carbonyl (C=O) groups is 4. The smallest absolute Gasteiger partial charge is 0.330 e. The molecule has 1 aliphatic heterocycles. The molecule has 0 radical (unpaired) electrons. The number of fused-ring (bicyclic) bond motifs is 5. The van der Waals surface area contributed by atoms with Gasteiger partial charge in [-0.3, -0.25) is 19.3 Å². The molecule has 1 heterocycles. The highest BCUT2D eigenvalue weighted by Gasteiger charge is 2.61. The lowest BCUT2D eigenvalue weighted by atomic mass is 9.85. The number of anilines is 1. The number of hydrogen-bond donors (Lipinski definition) is 1. The van der Waals surface area contributed by atoms with Crippen LogP contribution in [0, 0.1) is 29.6 Å². The van der Waals surface area contributed by atoms with Gasteiger partial charge in [0.25, 0.3) is 5.91 Å². The fraction of sp³-hybridized carbons (Fsp3) is 0.500. The third kappa shape index (κ3) is 3.89. The second-order valence-corrected chi connectivity index (χ2v) is 8.85. The molecule has 1 N–H and O–H groups in total. The Labute approximate surface area is 186 Å². The van der Waals surface area contributed by atoms with Crippen molar-refractivity contribution in [1.82, 2.24) is 4.90 Å². The Morgan fingerprint density at radius 3 is 2.19 bits per heavy atom. The van der Waals surface area contributed by atoms with Crippen LogP contribution >= 0.6 is 0 Å². The molecule has 1 aromatic carbocycles. The van der Waals surface area contributed by atoms with Gasteiger partial charge in [-0.25, -0.2) is 4.79 Å². The molecule has 0 aromatic heterocycles. The van der Waals surface area contributed by atoms with Crippen LogP contribution in [0.25, 0.3) is 0 Å². The molecule has 4 rings (SSSR count). The molecule has 32 heavy (non-hydrogen) atoms. The van der Waals surface area contributed by atoms with Crippen LogP contribution in [0.5, 0.6) is 5.75 Å². The fourth-order valence-corrected chi connectivity index (χ4v) is 5.10.